The summed E-state index contributed by atoms with van der Waals surface area (Å²) >= 11 is 0. The van der Waals surface area contributed by atoms with E-state index in [2.05, 4.69) is 19.2 Å². The molecule has 4 heteroatoms. The van der Waals surface area contributed by atoms with Crippen LogP contribution in [0.3, 0.4) is 0 Å². The normalized spacial score (nSPS) is 18.6. The van der Waals surface area contributed by atoms with Gasteiger partial charge >= 0.3 is 0 Å². The summed E-state index contributed by atoms with van der Waals surface area (Å²) in [4.78, 5) is 12.2. The number of phenols is 1. The zero-order valence-corrected chi connectivity index (χ0v) is 12.4. The summed E-state index contributed by atoms with van der Waals surface area (Å²) in [5.74, 6) is 0.322. The molecule has 2 N–H and O–H groups in total. The average Bonchev–Trinajstić information content (AvgIpc) is 2.41. The van der Waals surface area contributed by atoms with Gasteiger partial charge in [0.25, 0.3) is 5.91 Å². The molecular formula is C16H23NO3. The lowest BCUT2D eigenvalue weighted by Crippen LogP contribution is -2.39. The van der Waals surface area contributed by atoms with E-state index in [1.54, 1.807) is 12.1 Å². The fraction of sp³-hybridized carbons (Fsp3) is 0.562. The molecule has 0 saturated heterocycles. The van der Waals surface area contributed by atoms with E-state index in [1.165, 1.54) is 13.2 Å². The van der Waals surface area contributed by atoms with Gasteiger partial charge in [0.1, 0.15) is 11.5 Å². The summed E-state index contributed by atoms with van der Waals surface area (Å²) in [6.07, 6.45) is 4.21. The molecule has 0 unspecified atom stereocenters. The van der Waals surface area contributed by atoms with Crippen LogP contribution in [0.15, 0.2) is 18.2 Å². The van der Waals surface area contributed by atoms with Crippen LogP contribution in [0.1, 0.15) is 49.9 Å². The lowest BCUT2D eigenvalue weighted by Gasteiger charge is -2.34. The van der Waals surface area contributed by atoms with Crippen molar-refractivity contribution in [2.45, 2.75) is 45.6 Å². The standard InChI is InChI=1S/C16H23NO3/c1-16(2)8-6-11(7-9-16)17-15(19)13-10-12(20-3)4-5-14(13)18/h4-5,10-11,18H,6-9H2,1-3H3,(H,17,19). The van der Waals surface area contributed by atoms with Crippen LogP contribution < -0.4 is 10.1 Å². The molecule has 0 radical (unpaired) electrons. The number of nitrogens with one attached hydrogen (secondary N) is 1. The fourth-order valence-electron chi connectivity index (χ4n) is 2.63. The van der Waals surface area contributed by atoms with Crippen LogP contribution in [0, 0.1) is 5.41 Å². The minimum atomic E-state index is -0.230. The first-order chi connectivity index (χ1) is 9.41. The van der Waals surface area contributed by atoms with E-state index in [4.69, 9.17) is 4.74 Å². The maximum atomic E-state index is 12.2. The van der Waals surface area contributed by atoms with Gasteiger partial charge in [0.2, 0.25) is 0 Å². The van der Waals surface area contributed by atoms with Gasteiger partial charge in [-0.3, -0.25) is 4.79 Å². The topological polar surface area (TPSA) is 58.6 Å². The summed E-state index contributed by atoms with van der Waals surface area (Å²) in [6.45, 7) is 4.53. The number of aromatic hydroxyl groups is 1. The highest BCUT2D eigenvalue weighted by atomic mass is 16.5. The zero-order chi connectivity index (χ0) is 14.8. The number of benzene rings is 1. The van der Waals surface area contributed by atoms with E-state index < -0.39 is 0 Å². The maximum Gasteiger partial charge on any atom is 0.255 e. The van der Waals surface area contributed by atoms with Gasteiger partial charge in [-0.05, 0) is 49.3 Å². The van der Waals surface area contributed by atoms with Gasteiger partial charge in [0, 0.05) is 6.04 Å². The smallest absolute Gasteiger partial charge is 0.255 e. The van der Waals surface area contributed by atoms with E-state index in [9.17, 15) is 9.90 Å². The monoisotopic (exact) mass is 277 g/mol. The van der Waals surface area contributed by atoms with E-state index in [0.717, 1.165) is 25.7 Å². The molecule has 1 fully saturated rings. The van der Waals surface area contributed by atoms with Crippen LogP contribution in [0.5, 0.6) is 11.5 Å². The quantitative estimate of drug-likeness (QED) is 0.892. The fourth-order valence-corrected chi connectivity index (χ4v) is 2.63. The molecule has 0 heterocycles. The van der Waals surface area contributed by atoms with Crippen LogP contribution in [-0.2, 0) is 0 Å². The number of ether oxygens (including phenoxy) is 1. The average molecular weight is 277 g/mol. The molecule has 20 heavy (non-hydrogen) atoms. The van der Waals surface area contributed by atoms with E-state index in [-0.39, 0.29) is 23.3 Å². The number of carbonyl (C=O) groups excluding carboxylic acids is 1. The number of hydrogen-bond acceptors (Lipinski definition) is 3. The third-order valence-electron chi connectivity index (χ3n) is 4.12. The second-order valence-corrected chi connectivity index (χ2v) is 6.30. The number of rotatable bonds is 3. The molecule has 1 aromatic carbocycles. The Balaban J connectivity index is 2.02. The molecule has 0 atom stereocenters. The van der Waals surface area contributed by atoms with Gasteiger partial charge in [-0.15, -0.1) is 0 Å². The minimum absolute atomic E-state index is 0.0144. The SMILES string of the molecule is COc1ccc(O)c(C(=O)NC2CCC(C)(C)CC2)c1. The van der Waals surface area contributed by atoms with Crippen LogP contribution in [0.4, 0.5) is 0 Å². The Morgan fingerprint density at radius 1 is 1.35 bits per heavy atom. The summed E-state index contributed by atoms with van der Waals surface area (Å²) in [5, 5.41) is 12.8. The molecule has 1 aliphatic rings. The second-order valence-electron chi connectivity index (χ2n) is 6.30. The molecular weight excluding hydrogens is 254 g/mol. The predicted octanol–water partition coefficient (Wildman–Crippen LogP) is 3.10. The van der Waals surface area contributed by atoms with E-state index in [0.29, 0.717) is 11.2 Å². The molecule has 1 saturated carbocycles. The Bertz CT molecular complexity index is 486. The summed E-state index contributed by atoms with van der Waals surface area (Å²) in [5.41, 5.74) is 0.647. The Hall–Kier alpha value is -1.71. The van der Waals surface area contributed by atoms with Crippen molar-refractivity contribution in [3.05, 3.63) is 23.8 Å². The highest BCUT2D eigenvalue weighted by Gasteiger charge is 2.28. The highest BCUT2D eigenvalue weighted by molar-refractivity contribution is 5.97. The Labute approximate surface area is 120 Å². The van der Waals surface area contributed by atoms with E-state index >= 15 is 0 Å². The molecule has 0 aliphatic heterocycles. The molecule has 1 aliphatic carbocycles. The number of amides is 1. The molecule has 1 aromatic rings. The lowest BCUT2D eigenvalue weighted by atomic mass is 9.75. The maximum absolute atomic E-state index is 12.2. The van der Waals surface area contributed by atoms with Crippen molar-refractivity contribution in [2.24, 2.45) is 5.41 Å². The van der Waals surface area contributed by atoms with Gasteiger partial charge in [-0.25, -0.2) is 0 Å². The van der Waals surface area contributed by atoms with Crippen LogP contribution >= 0.6 is 0 Å². The van der Waals surface area contributed by atoms with Crippen molar-refractivity contribution in [3.63, 3.8) is 0 Å². The van der Waals surface area contributed by atoms with Crippen LogP contribution in [-0.4, -0.2) is 24.2 Å². The van der Waals surface area contributed by atoms with Gasteiger partial charge in [0.05, 0.1) is 12.7 Å². The Morgan fingerprint density at radius 2 is 2.00 bits per heavy atom. The first-order valence-electron chi connectivity index (χ1n) is 7.09. The van der Waals surface area contributed by atoms with Crippen molar-refractivity contribution >= 4 is 5.91 Å². The Kier molecular flexibility index (Phi) is 4.21. The third-order valence-corrected chi connectivity index (χ3v) is 4.12. The molecule has 0 bridgehead atoms. The molecule has 4 nitrogen and oxygen atoms in total. The number of methoxy groups -OCH3 is 1. The molecule has 0 aromatic heterocycles. The van der Waals surface area contributed by atoms with Crippen molar-refractivity contribution in [3.8, 4) is 11.5 Å². The lowest BCUT2D eigenvalue weighted by molar-refractivity contribution is 0.0906. The van der Waals surface area contributed by atoms with Gasteiger partial charge < -0.3 is 15.2 Å². The highest BCUT2D eigenvalue weighted by Crippen LogP contribution is 2.35. The zero-order valence-electron chi connectivity index (χ0n) is 12.4. The number of phenolic OH excluding ortho intramolecular Hbond substituents is 1. The van der Waals surface area contributed by atoms with Gasteiger partial charge in [0.15, 0.2) is 0 Å². The minimum Gasteiger partial charge on any atom is -0.507 e. The van der Waals surface area contributed by atoms with Crippen molar-refractivity contribution in [2.75, 3.05) is 7.11 Å². The molecule has 1 amide bonds. The summed E-state index contributed by atoms with van der Waals surface area (Å²) in [7, 11) is 1.54. The van der Waals surface area contributed by atoms with Crippen molar-refractivity contribution < 1.29 is 14.6 Å². The van der Waals surface area contributed by atoms with Crippen LogP contribution in [0.25, 0.3) is 0 Å². The third kappa shape index (κ3) is 3.44. The predicted molar refractivity (Wildman–Crippen MR) is 78.2 cm³/mol. The van der Waals surface area contributed by atoms with Gasteiger partial charge in [-0.2, -0.15) is 0 Å². The number of hydrogen-bond donors (Lipinski definition) is 2. The Morgan fingerprint density at radius 3 is 2.60 bits per heavy atom. The molecule has 110 valence electrons. The first-order valence-corrected chi connectivity index (χ1v) is 7.09. The second kappa shape index (κ2) is 5.73. The van der Waals surface area contributed by atoms with E-state index in [1.807, 2.05) is 0 Å². The summed E-state index contributed by atoms with van der Waals surface area (Å²) < 4.78 is 5.09. The largest absolute Gasteiger partial charge is 0.507 e. The molecule has 2 rings (SSSR count). The molecule has 0 spiro atoms. The first kappa shape index (κ1) is 14.7. The van der Waals surface area contributed by atoms with Crippen LogP contribution in [0.2, 0.25) is 0 Å². The van der Waals surface area contributed by atoms with Crippen molar-refractivity contribution in [1.29, 1.82) is 0 Å². The van der Waals surface area contributed by atoms with Crippen molar-refractivity contribution in [1.82, 2.24) is 5.32 Å². The number of carbonyl (C=O) groups is 1. The summed E-state index contributed by atoms with van der Waals surface area (Å²) in [6, 6.07) is 4.88. The van der Waals surface area contributed by atoms with Gasteiger partial charge in [-0.1, -0.05) is 13.8 Å².